The second-order valence-electron chi connectivity index (χ2n) is 6.73. The molecule has 0 bridgehead atoms. The SMILES string of the molecule is CCCCC(CC)CC1(COc2cccc(F)c2)N=C(N)N(C)C1=O. The summed E-state index contributed by atoms with van der Waals surface area (Å²) >= 11 is 0. The van der Waals surface area contributed by atoms with Crippen molar-refractivity contribution in [3.05, 3.63) is 30.1 Å². The molecule has 1 aliphatic heterocycles. The molecule has 1 heterocycles. The Kier molecular flexibility index (Phi) is 6.39. The maximum absolute atomic E-state index is 13.4. The van der Waals surface area contributed by atoms with Crippen LogP contribution >= 0.6 is 0 Å². The highest BCUT2D eigenvalue weighted by atomic mass is 19.1. The number of hydrogen-bond acceptors (Lipinski definition) is 4. The van der Waals surface area contributed by atoms with Gasteiger partial charge in [-0.3, -0.25) is 9.69 Å². The molecule has 0 aliphatic carbocycles. The molecule has 0 radical (unpaired) electrons. The Hall–Kier alpha value is -2.11. The first-order valence-electron chi connectivity index (χ1n) is 8.93. The van der Waals surface area contributed by atoms with E-state index in [1.165, 1.54) is 17.0 Å². The van der Waals surface area contributed by atoms with E-state index >= 15 is 0 Å². The summed E-state index contributed by atoms with van der Waals surface area (Å²) in [5, 5.41) is 0. The highest BCUT2D eigenvalue weighted by Gasteiger charge is 2.48. The molecule has 2 unspecified atom stereocenters. The molecular weight excluding hydrogens is 321 g/mol. The van der Waals surface area contributed by atoms with E-state index in [4.69, 9.17) is 10.5 Å². The van der Waals surface area contributed by atoms with Gasteiger partial charge in [0.05, 0.1) is 0 Å². The maximum Gasteiger partial charge on any atom is 0.260 e. The van der Waals surface area contributed by atoms with Crippen LogP contribution in [-0.2, 0) is 4.79 Å². The maximum atomic E-state index is 13.4. The predicted molar refractivity (Wildman–Crippen MR) is 96.9 cm³/mol. The highest BCUT2D eigenvalue weighted by Crippen LogP contribution is 2.33. The van der Waals surface area contributed by atoms with Crippen molar-refractivity contribution in [1.82, 2.24) is 4.90 Å². The van der Waals surface area contributed by atoms with Crippen LogP contribution in [-0.4, -0.2) is 36.0 Å². The van der Waals surface area contributed by atoms with E-state index in [-0.39, 0.29) is 24.3 Å². The molecule has 0 fully saturated rings. The van der Waals surface area contributed by atoms with Crippen molar-refractivity contribution in [1.29, 1.82) is 0 Å². The molecule has 1 aliphatic rings. The Bertz CT molecular complexity index is 635. The van der Waals surface area contributed by atoms with E-state index in [1.807, 2.05) is 0 Å². The average molecular weight is 349 g/mol. The third-order valence-electron chi connectivity index (χ3n) is 4.82. The number of aliphatic imine (C=N–C) groups is 1. The van der Waals surface area contributed by atoms with Gasteiger partial charge in [0.1, 0.15) is 18.2 Å². The van der Waals surface area contributed by atoms with Crippen molar-refractivity contribution in [2.75, 3.05) is 13.7 Å². The van der Waals surface area contributed by atoms with E-state index in [2.05, 4.69) is 18.8 Å². The van der Waals surface area contributed by atoms with Gasteiger partial charge in [-0.1, -0.05) is 45.6 Å². The molecule has 0 saturated heterocycles. The number of ether oxygens (including phenoxy) is 1. The van der Waals surface area contributed by atoms with Gasteiger partial charge >= 0.3 is 0 Å². The van der Waals surface area contributed by atoms with Gasteiger partial charge in [-0.15, -0.1) is 0 Å². The fraction of sp³-hybridized carbons (Fsp3) is 0.579. The molecule has 6 heteroatoms. The van der Waals surface area contributed by atoms with E-state index < -0.39 is 5.54 Å². The van der Waals surface area contributed by atoms with E-state index in [9.17, 15) is 9.18 Å². The summed E-state index contributed by atoms with van der Waals surface area (Å²) in [5.41, 5.74) is 4.87. The van der Waals surface area contributed by atoms with Gasteiger partial charge in [0.25, 0.3) is 5.91 Å². The van der Waals surface area contributed by atoms with Crippen molar-refractivity contribution >= 4 is 11.9 Å². The Labute approximate surface area is 149 Å². The van der Waals surface area contributed by atoms with Gasteiger partial charge in [0.15, 0.2) is 11.5 Å². The summed E-state index contributed by atoms with van der Waals surface area (Å²) < 4.78 is 19.1. The van der Waals surface area contributed by atoms with Gasteiger partial charge in [0.2, 0.25) is 0 Å². The van der Waals surface area contributed by atoms with Crippen LogP contribution in [0.3, 0.4) is 0 Å². The normalized spacial score (nSPS) is 21.4. The summed E-state index contributed by atoms with van der Waals surface area (Å²) in [6.07, 6.45) is 4.82. The minimum atomic E-state index is -1.03. The number of guanidine groups is 1. The Balaban J connectivity index is 2.19. The van der Waals surface area contributed by atoms with E-state index in [0.717, 1.165) is 25.7 Å². The van der Waals surface area contributed by atoms with Gasteiger partial charge in [0, 0.05) is 13.1 Å². The number of hydrogen-bond donors (Lipinski definition) is 1. The number of nitrogens with two attached hydrogens (primary N) is 1. The molecule has 2 atom stereocenters. The largest absolute Gasteiger partial charge is 0.490 e. The standard InChI is InChI=1S/C19H28FN3O2/c1-4-6-8-14(5-2)12-19(17(24)23(3)18(21)22-19)13-25-16-10-7-9-15(20)11-16/h7,9-11,14H,4-6,8,12-13H2,1-3H3,(H2,21,22). The first kappa shape index (κ1) is 19.2. The quantitative estimate of drug-likeness (QED) is 0.743. The molecule has 2 N–H and O–H groups in total. The summed E-state index contributed by atoms with van der Waals surface area (Å²) in [6.45, 7) is 4.33. The van der Waals surface area contributed by atoms with Gasteiger partial charge in [-0.25, -0.2) is 9.38 Å². The number of benzene rings is 1. The third kappa shape index (κ3) is 4.50. The third-order valence-corrected chi connectivity index (χ3v) is 4.82. The van der Waals surface area contributed by atoms with Crippen LogP contribution in [0, 0.1) is 11.7 Å². The molecule has 2 rings (SSSR count). The summed E-state index contributed by atoms with van der Waals surface area (Å²) in [5.74, 6) is 0.425. The topological polar surface area (TPSA) is 67.9 Å². The summed E-state index contributed by atoms with van der Waals surface area (Å²) in [4.78, 5) is 18.7. The number of unbranched alkanes of at least 4 members (excludes halogenated alkanes) is 1. The van der Waals surface area contributed by atoms with Crippen LogP contribution in [0.4, 0.5) is 4.39 Å². The van der Waals surface area contributed by atoms with Crippen LogP contribution in [0.2, 0.25) is 0 Å². The molecule has 0 spiro atoms. The lowest BCUT2D eigenvalue weighted by atomic mass is 9.83. The molecule has 25 heavy (non-hydrogen) atoms. The van der Waals surface area contributed by atoms with Gasteiger partial charge in [-0.2, -0.15) is 0 Å². The molecule has 1 aromatic rings. The van der Waals surface area contributed by atoms with Crippen LogP contribution < -0.4 is 10.5 Å². The highest BCUT2D eigenvalue weighted by molar-refractivity contribution is 6.06. The fourth-order valence-electron chi connectivity index (χ4n) is 3.22. The lowest BCUT2D eigenvalue weighted by Gasteiger charge is -2.29. The first-order valence-corrected chi connectivity index (χ1v) is 8.93. The molecule has 5 nitrogen and oxygen atoms in total. The zero-order valence-electron chi connectivity index (χ0n) is 15.3. The predicted octanol–water partition coefficient (Wildman–Crippen LogP) is 3.34. The second-order valence-corrected chi connectivity index (χ2v) is 6.73. The van der Waals surface area contributed by atoms with Gasteiger partial charge < -0.3 is 10.5 Å². The van der Waals surface area contributed by atoms with E-state index in [0.29, 0.717) is 18.1 Å². The number of nitrogens with zero attached hydrogens (tertiary/aromatic N) is 2. The number of amides is 1. The van der Waals surface area contributed by atoms with Crippen molar-refractivity contribution < 1.29 is 13.9 Å². The minimum absolute atomic E-state index is 0.0585. The lowest BCUT2D eigenvalue weighted by Crippen LogP contribution is -2.47. The number of rotatable bonds is 9. The van der Waals surface area contributed by atoms with Crippen LogP contribution in [0.5, 0.6) is 5.75 Å². The number of carbonyl (C=O) groups is 1. The van der Waals surface area contributed by atoms with Crippen molar-refractivity contribution in [3.63, 3.8) is 0 Å². The first-order chi connectivity index (χ1) is 11.9. The summed E-state index contributed by atoms with van der Waals surface area (Å²) in [7, 11) is 1.62. The van der Waals surface area contributed by atoms with Gasteiger partial charge in [-0.05, 0) is 24.5 Å². The number of carbonyl (C=O) groups excluding carboxylic acids is 1. The van der Waals surface area contributed by atoms with Crippen LogP contribution in [0.1, 0.15) is 46.0 Å². The zero-order chi connectivity index (χ0) is 18.4. The Morgan fingerprint density at radius 2 is 2.16 bits per heavy atom. The monoisotopic (exact) mass is 349 g/mol. The number of likely N-dealkylation sites (N-methyl/N-ethyl adjacent to an activating group) is 1. The van der Waals surface area contributed by atoms with Crippen molar-refractivity contribution in [2.24, 2.45) is 16.6 Å². The Morgan fingerprint density at radius 1 is 1.40 bits per heavy atom. The fourth-order valence-corrected chi connectivity index (χ4v) is 3.22. The molecule has 0 saturated carbocycles. The second kappa shape index (κ2) is 8.32. The van der Waals surface area contributed by atoms with Crippen molar-refractivity contribution in [3.8, 4) is 5.75 Å². The molecule has 138 valence electrons. The minimum Gasteiger partial charge on any atom is -0.490 e. The van der Waals surface area contributed by atoms with E-state index in [1.54, 1.807) is 19.2 Å². The van der Waals surface area contributed by atoms with Crippen LogP contribution in [0.15, 0.2) is 29.3 Å². The zero-order valence-corrected chi connectivity index (χ0v) is 15.3. The van der Waals surface area contributed by atoms with Crippen molar-refractivity contribution in [2.45, 2.75) is 51.5 Å². The summed E-state index contributed by atoms with van der Waals surface area (Å²) in [6, 6.07) is 5.90. The molecule has 1 aromatic carbocycles. The Morgan fingerprint density at radius 3 is 2.72 bits per heavy atom. The van der Waals surface area contributed by atoms with Crippen LogP contribution in [0.25, 0.3) is 0 Å². The molecular formula is C19H28FN3O2. The number of halogens is 1. The average Bonchev–Trinajstić information content (AvgIpc) is 2.81. The smallest absolute Gasteiger partial charge is 0.260 e. The molecule has 1 amide bonds. The lowest BCUT2D eigenvalue weighted by molar-refractivity contribution is -0.132. The molecule has 0 aromatic heterocycles.